The lowest BCUT2D eigenvalue weighted by Crippen LogP contribution is -2.40. The maximum absolute atomic E-state index is 12.0. The minimum Gasteiger partial charge on any atom is -0.379 e. The highest BCUT2D eigenvalue weighted by Gasteiger charge is 2.35. The van der Waals surface area contributed by atoms with Gasteiger partial charge in [-0.05, 0) is 6.08 Å². The Bertz CT molecular complexity index is 365. The van der Waals surface area contributed by atoms with Gasteiger partial charge in [0.1, 0.15) is 0 Å². The summed E-state index contributed by atoms with van der Waals surface area (Å²) in [5.41, 5.74) is 0.141. The first-order chi connectivity index (χ1) is 7.99. The van der Waals surface area contributed by atoms with Crippen molar-refractivity contribution in [3.63, 3.8) is 0 Å². The second kappa shape index (κ2) is 4.70. The summed E-state index contributed by atoms with van der Waals surface area (Å²) in [4.78, 5) is 26.0. The number of ketones is 2. The maximum atomic E-state index is 12.0. The lowest BCUT2D eigenvalue weighted by atomic mass is 9.76. The van der Waals surface area contributed by atoms with Gasteiger partial charge in [-0.2, -0.15) is 0 Å². The molecule has 17 heavy (non-hydrogen) atoms. The number of hydrogen-bond donors (Lipinski definition) is 0. The van der Waals surface area contributed by atoms with Gasteiger partial charge in [-0.25, -0.2) is 0 Å². The van der Waals surface area contributed by atoms with Gasteiger partial charge < -0.3 is 4.74 Å². The zero-order chi connectivity index (χ0) is 12.5. The third-order valence-corrected chi connectivity index (χ3v) is 3.43. The summed E-state index contributed by atoms with van der Waals surface area (Å²) in [6, 6.07) is 0. The summed E-state index contributed by atoms with van der Waals surface area (Å²) >= 11 is 0. The smallest absolute Gasteiger partial charge is 0.162 e. The standard InChI is InChI=1S/C13H19NO3/c1-13(2)8-11(15)10(7-12(13)16)9-14-3-5-17-6-4-14/h7H,3-6,8-9H2,1-2H3. The second-order valence-electron chi connectivity index (χ2n) is 5.41. The molecule has 4 nitrogen and oxygen atoms in total. The van der Waals surface area contributed by atoms with E-state index in [-0.39, 0.29) is 11.6 Å². The number of ether oxygens (including phenoxy) is 1. The lowest BCUT2D eigenvalue weighted by Gasteiger charge is -2.30. The van der Waals surface area contributed by atoms with E-state index in [1.54, 1.807) is 6.08 Å². The van der Waals surface area contributed by atoms with Crippen LogP contribution in [0.25, 0.3) is 0 Å². The Balaban J connectivity index is 2.05. The number of nitrogens with zero attached hydrogens (tertiary/aromatic N) is 1. The number of rotatable bonds is 2. The zero-order valence-corrected chi connectivity index (χ0v) is 10.5. The summed E-state index contributed by atoms with van der Waals surface area (Å²) < 4.78 is 5.26. The highest BCUT2D eigenvalue weighted by molar-refractivity contribution is 6.11. The monoisotopic (exact) mass is 237 g/mol. The molecule has 2 aliphatic rings. The fraction of sp³-hybridized carbons (Fsp3) is 0.692. The van der Waals surface area contributed by atoms with Gasteiger partial charge in [-0.1, -0.05) is 13.8 Å². The van der Waals surface area contributed by atoms with Gasteiger partial charge in [0, 0.05) is 37.0 Å². The van der Waals surface area contributed by atoms with Crippen molar-refractivity contribution in [2.24, 2.45) is 5.41 Å². The number of carbonyl (C=O) groups excluding carboxylic acids is 2. The summed E-state index contributed by atoms with van der Waals surface area (Å²) in [5.74, 6) is 0.182. The number of Topliss-reactive ketones (excluding diaryl/α,β-unsaturated/α-hetero) is 1. The molecule has 0 saturated carbocycles. The van der Waals surface area contributed by atoms with E-state index in [0.717, 1.165) is 13.1 Å². The van der Waals surface area contributed by atoms with Crippen molar-refractivity contribution in [1.29, 1.82) is 0 Å². The predicted molar refractivity (Wildman–Crippen MR) is 63.8 cm³/mol. The first kappa shape index (κ1) is 12.5. The van der Waals surface area contributed by atoms with Gasteiger partial charge in [0.25, 0.3) is 0 Å². The van der Waals surface area contributed by atoms with Crippen LogP contribution >= 0.6 is 0 Å². The van der Waals surface area contributed by atoms with Crippen molar-refractivity contribution >= 4 is 11.6 Å². The number of hydrogen-bond acceptors (Lipinski definition) is 4. The second-order valence-corrected chi connectivity index (χ2v) is 5.41. The van der Waals surface area contributed by atoms with Gasteiger partial charge in [0.05, 0.1) is 13.2 Å². The summed E-state index contributed by atoms with van der Waals surface area (Å²) in [5, 5.41) is 0. The van der Waals surface area contributed by atoms with E-state index in [2.05, 4.69) is 4.90 Å². The van der Waals surface area contributed by atoms with E-state index in [1.165, 1.54) is 0 Å². The quantitative estimate of drug-likeness (QED) is 0.713. The molecule has 0 atom stereocenters. The molecule has 0 bridgehead atoms. The summed E-state index contributed by atoms with van der Waals surface area (Å²) in [6.07, 6.45) is 1.88. The molecule has 1 aliphatic carbocycles. The molecule has 1 heterocycles. The summed E-state index contributed by atoms with van der Waals surface area (Å²) in [7, 11) is 0. The van der Waals surface area contributed by atoms with Crippen molar-refractivity contribution in [1.82, 2.24) is 4.90 Å². The van der Waals surface area contributed by atoms with Crippen molar-refractivity contribution in [2.75, 3.05) is 32.8 Å². The molecular weight excluding hydrogens is 218 g/mol. The Hall–Kier alpha value is -1.00. The van der Waals surface area contributed by atoms with Crippen LogP contribution in [0.15, 0.2) is 11.6 Å². The van der Waals surface area contributed by atoms with Crippen LogP contribution in [0.3, 0.4) is 0 Å². The van der Waals surface area contributed by atoms with E-state index in [1.807, 2.05) is 13.8 Å². The molecule has 0 amide bonds. The molecule has 0 N–H and O–H groups in total. The molecule has 0 radical (unpaired) electrons. The fourth-order valence-electron chi connectivity index (χ4n) is 2.17. The molecule has 4 heteroatoms. The first-order valence-electron chi connectivity index (χ1n) is 6.07. The van der Waals surface area contributed by atoms with Crippen LogP contribution in [-0.2, 0) is 14.3 Å². The van der Waals surface area contributed by atoms with Crippen LogP contribution in [0.1, 0.15) is 20.3 Å². The number of allylic oxidation sites excluding steroid dienone is 1. The molecule has 94 valence electrons. The molecule has 1 saturated heterocycles. The van der Waals surface area contributed by atoms with Gasteiger partial charge in [-0.15, -0.1) is 0 Å². The summed E-state index contributed by atoms with van der Waals surface area (Å²) in [6.45, 7) is 7.33. The highest BCUT2D eigenvalue weighted by Crippen LogP contribution is 2.29. The SMILES string of the molecule is CC1(C)CC(=O)C(CN2CCOCC2)=CC1=O. The van der Waals surface area contributed by atoms with Gasteiger partial charge in [0.2, 0.25) is 0 Å². The van der Waals surface area contributed by atoms with E-state index in [4.69, 9.17) is 4.74 Å². The van der Waals surface area contributed by atoms with E-state index in [9.17, 15) is 9.59 Å². The van der Waals surface area contributed by atoms with Crippen LogP contribution in [0, 0.1) is 5.41 Å². The van der Waals surface area contributed by atoms with Gasteiger partial charge in [0.15, 0.2) is 11.6 Å². The van der Waals surface area contributed by atoms with Crippen molar-refractivity contribution < 1.29 is 14.3 Å². The molecule has 0 aromatic heterocycles. The molecular formula is C13H19NO3. The van der Waals surface area contributed by atoms with Crippen LogP contribution in [0.5, 0.6) is 0 Å². The number of morpholine rings is 1. The highest BCUT2D eigenvalue weighted by atomic mass is 16.5. The molecule has 0 aromatic rings. The first-order valence-corrected chi connectivity index (χ1v) is 6.07. The molecule has 0 unspecified atom stereocenters. The number of carbonyl (C=O) groups is 2. The van der Waals surface area contributed by atoms with E-state index in [0.29, 0.717) is 31.8 Å². The van der Waals surface area contributed by atoms with Crippen LogP contribution in [0.2, 0.25) is 0 Å². The largest absolute Gasteiger partial charge is 0.379 e. The fourth-order valence-corrected chi connectivity index (χ4v) is 2.17. The van der Waals surface area contributed by atoms with Gasteiger partial charge >= 0.3 is 0 Å². The zero-order valence-electron chi connectivity index (χ0n) is 10.5. The Kier molecular flexibility index (Phi) is 3.45. The van der Waals surface area contributed by atoms with Crippen molar-refractivity contribution in [3.05, 3.63) is 11.6 Å². The Labute approximate surface area is 102 Å². The van der Waals surface area contributed by atoms with Crippen molar-refractivity contribution in [3.8, 4) is 0 Å². The van der Waals surface area contributed by atoms with Gasteiger partial charge in [-0.3, -0.25) is 14.5 Å². The Morgan fingerprint density at radius 1 is 1.29 bits per heavy atom. The maximum Gasteiger partial charge on any atom is 0.162 e. The van der Waals surface area contributed by atoms with Crippen LogP contribution < -0.4 is 0 Å². The molecule has 0 aromatic carbocycles. The Morgan fingerprint density at radius 2 is 1.94 bits per heavy atom. The average Bonchev–Trinajstić information content (AvgIpc) is 2.27. The Morgan fingerprint density at radius 3 is 2.59 bits per heavy atom. The lowest BCUT2D eigenvalue weighted by molar-refractivity contribution is -0.129. The molecule has 0 spiro atoms. The predicted octanol–water partition coefficient (Wildman–Crippen LogP) is 0.813. The normalized spacial score (nSPS) is 25.9. The molecule has 2 rings (SSSR count). The average molecular weight is 237 g/mol. The van der Waals surface area contributed by atoms with E-state index >= 15 is 0 Å². The third kappa shape index (κ3) is 2.82. The molecule has 1 aliphatic heterocycles. The minimum atomic E-state index is -0.522. The third-order valence-electron chi connectivity index (χ3n) is 3.43. The topological polar surface area (TPSA) is 46.6 Å². The minimum absolute atomic E-state index is 0.0698. The molecule has 1 fully saturated rings. The van der Waals surface area contributed by atoms with Crippen molar-refractivity contribution in [2.45, 2.75) is 20.3 Å². The van der Waals surface area contributed by atoms with Crippen LogP contribution in [0.4, 0.5) is 0 Å². The van der Waals surface area contributed by atoms with E-state index < -0.39 is 5.41 Å². The van der Waals surface area contributed by atoms with Crippen LogP contribution in [-0.4, -0.2) is 49.3 Å².